The summed E-state index contributed by atoms with van der Waals surface area (Å²) in [6, 6.07) is 7.22. The molecule has 1 aromatic carbocycles. The van der Waals surface area contributed by atoms with Gasteiger partial charge in [0.1, 0.15) is 0 Å². The summed E-state index contributed by atoms with van der Waals surface area (Å²) in [6.45, 7) is 6.41. The average molecular weight is 727 g/mol. The molecule has 8 N–H and O–H groups in total. The maximum absolute atomic E-state index is 13.0. The van der Waals surface area contributed by atoms with Crippen LogP contribution in [0.2, 0.25) is 0 Å². The molecule has 3 saturated heterocycles. The lowest BCUT2D eigenvalue weighted by molar-refractivity contribution is -0.0942. The number of guanidine groups is 1. The highest BCUT2D eigenvalue weighted by Gasteiger charge is 2.57. The summed E-state index contributed by atoms with van der Waals surface area (Å²) < 4.78 is 0. The minimum atomic E-state index is -0.902. The molecule has 16 nitrogen and oxygen atoms in total. The molecule has 16 heteroatoms. The maximum atomic E-state index is 13.0. The van der Waals surface area contributed by atoms with E-state index >= 15 is 0 Å². The Bertz CT molecular complexity index is 1390. The number of hydrogen-bond donors (Lipinski definition) is 6. The van der Waals surface area contributed by atoms with Gasteiger partial charge in [-0.3, -0.25) is 4.90 Å². The second-order valence-corrected chi connectivity index (χ2v) is 14.9. The van der Waals surface area contributed by atoms with E-state index in [-0.39, 0.29) is 18.0 Å². The lowest BCUT2D eigenvalue weighted by Gasteiger charge is -2.61. The van der Waals surface area contributed by atoms with E-state index in [9.17, 15) is 24.3 Å². The molecule has 0 aromatic heterocycles. The van der Waals surface area contributed by atoms with Crippen molar-refractivity contribution in [2.24, 2.45) is 34.2 Å². The predicted molar refractivity (Wildman–Crippen MR) is 197 cm³/mol. The van der Waals surface area contributed by atoms with Crippen LogP contribution < -0.4 is 22.1 Å². The van der Waals surface area contributed by atoms with Crippen molar-refractivity contribution in [3.8, 4) is 0 Å². The van der Waals surface area contributed by atoms with E-state index in [1.807, 2.05) is 24.1 Å². The van der Waals surface area contributed by atoms with Crippen LogP contribution >= 0.6 is 0 Å². The molecule has 0 radical (unpaired) electrons. The van der Waals surface area contributed by atoms with E-state index in [4.69, 9.17) is 16.6 Å². The van der Waals surface area contributed by atoms with Crippen molar-refractivity contribution in [1.29, 1.82) is 0 Å². The summed E-state index contributed by atoms with van der Waals surface area (Å²) in [5, 5.41) is 25.2. The Morgan fingerprint density at radius 1 is 0.846 bits per heavy atom. The lowest BCUT2D eigenvalue weighted by Crippen LogP contribution is -2.72. The summed E-state index contributed by atoms with van der Waals surface area (Å²) in [7, 11) is 1.84. The fourth-order valence-electron chi connectivity index (χ4n) is 8.99. The summed E-state index contributed by atoms with van der Waals surface area (Å²) in [5.41, 5.74) is 11.9. The largest absolute Gasteiger partial charge is 0.465 e. The molecular weight excluding hydrogens is 668 g/mol. The molecule has 6 rings (SSSR count). The number of nitrogens with two attached hydrogens (primary N) is 2. The first-order chi connectivity index (χ1) is 25.0. The number of carbonyl (C=O) groups excluding carboxylic acids is 2. The number of piperazine rings is 2. The zero-order chi connectivity index (χ0) is 37.3. The van der Waals surface area contributed by atoms with E-state index in [1.165, 1.54) is 17.7 Å². The van der Waals surface area contributed by atoms with E-state index in [0.29, 0.717) is 75.8 Å². The van der Waals surface area contributed by atoms with E-state index in [0.717, 1.165) is 70.1 Å². The van der Waals surface area contributed by atoms with Crippen molar-refractivity contribution < 1.29 is 29.4 Å². The first kappa shape index (κ1) is 38.8. The molecule has 2 saturated carbocycles. The number of carbonyl (C=O) groups is 4. The van der Waals surface area contributed by atoms with Crippen LogP contribution in [-0.2, 0) is 6.54 Å². The monoisotopic (exact) mass is 726 g/mol. The van der Waals surface area contributed by atoms with Crippen molar-refractivity contribution in [1.82, 2.24) is 35.1 Å². The minimum absolute atomic E-state index is 0.00275. The number of amides is 6. The fraction of sp³-hybridized carbons (Fsp3) is 0.694. The SMILES string of the molecule is CN(CCC1CCNCC1)C(=O)N1CCN(C(=O)O)CC1.NC(N)=Nc1ccc(CNC(=O)N2CCN(C(=O)O)C3(C2)C2CCCC3CCC2)cc1. The van der Waals surface area contributed by atoms with Crippen LogP contribution in [0, 0.1) is 17.8 Å². The van der Waals surface area contributed by atoms with Crippen molar-refractivity contribution >= 4 is 35.9 Å². The number of benzene rings is 1. The highest BCUT2D eigenvalue weighted by Crippen LogP contribution is 2.52. The van der Waals surface area contributed by atoms with Crippen LogP contribution in [0.25, 0.3) is 0 Å². The first-order valence-corrected chi connectivity index (χ1v) is 18.9. The molecule has 3 aliphatic heterocycles. The molecule has 6 amide bonds. The highest BCUT2D eigenvalue weighted by atomic mass is 16.4. The zero-order valence-electron chi connectivity index (χ0n) is 30.5. The standard InChI is InChI=1S/C22H32N6O3.C14H26N4O3/c23-19(24)26-18-9-7-15(8-10-18)13-25-20(29)27-11-12-28(21(30)31)22(14-27)16-3-1-4-17(22)6-2-5-16;1-16(7-4-12-2-5-15-6-3-12)13(19)17-8-10-18(11-9-17)14(20)21/h7-10,16-17H,1-6,11-14H2,(H,25,29)(H,30,31)(H4,23,24,26);12,15H,2-11H2,1H3,(H,20,21). The van der Waals surface area contributed by atoms with Gasteiger partial charge in [0.2, 0.25) is 0 Å². The molecule has 1 spiro atoms. The van der Waals surface area contributed by atoms with Gasteiger partial charge in [-0.1, -0.05) is 25.0 Å². The molecule has 0 unspecified atom stereocenters. The average Bonchev–Trinajstić information content (AvgIpc) is 3.13. The Morgan fingerprint density at radius 3 is 1.98 bits per heavy atom. The van der Waals surface area contributed by atoms with Gasteiger partial charge < -0.3 is 51.9 Å². The normalized spacial score (nSPS) is 24.7. The van der Waals surface area contributed by atoms with Crippen molar-refractivity contribution in [2.45, 2.75) is 69.9 Å². The fourth-order valence-corrected chi connectivity index (χ4v) is 8.99. The van der Waals surface area contributed by atoms with Gasteiger partial charge in [-0.25, -0.2) is 24.2 Å². The topological polar surface area (TPSA) is 213 Å². The number of rotatable bonds is 6. The highest BCUT2D eigenvalue weighted by molar-refractivity contribution is 5.79. The summed E-state index contributed by atoms with van der Waals surface area (Å²) >= 11 is 0. The molecular formula is C36H58N10O6. The number of urea groups is 2. The van der Waals surface area contributed by atoms with Gasteiger partial charge in [-0.15, -0.1) is 0 Å². The van der Waals surface area contributed by atoms with Crippen LogP contribution in [-0.4, -0.2) is 143 Å². The van der Waals surface area contributed by atoms with Crippen LogP contribution in [0.4, 0.5) is 24.9 Å². The van der Waals surface area contributed by atoms with Crippen molar-refractivity contribution in [3.05, 3.63) is 29.8 Å². The molecule has 2 bridgehead atoms. The van der Waals surface area contributed by atoms with Gasteiger partial charge in [-0.05, 0) is 93.5 Å². The van der Waals surface area contributed by atoms with Crippen LogP contribution in [0.5, 0.6) is 0 Å². The van der Waals surface area contributed by atoms with Crippen molar-refractivity contribution in [2.75, 3.05) is 72.5 Å². The number of aliphatic imine (C=N–C) groups is 1. The van der Waals surface area contributed by atoms with Gasteiger partial charge in [0.15, 0.2) is 5.96 Å². The predicted octanol–water partition coefficient (Wildman–Crippen LogP) is 3.16. The molecule has 52 heavy (non-hydrogen) atoms. The zero-order valence-corrected chi connectivity index (χ0v) is 30.5. The Balaban J connectivity index is 0.000000217. The number of nitrogens with one attached hydrogen (secondary N) is 2. The number of nitrogens with zero attached hydrogens (tertiary/aromatic N) is 6. The van der Waals surface area contributed by atoms with E-state index in [2.05, 4.69) is 15.6 Å². The van der Waals surface area contributed by atoms with Crippen LogP contribution in [0.15, 0.2) is 29.3 Å². The third-order valence-corrected chi connectivity index (χ3v) is 11.8. The van der Waals surface area contributed by atoms with Crippen LogP contribution in [0.1, 0.15) is 63.4 Å². The first-order valence-electron chi connectivity index (χ1n) is 18.9. The van der Waals surface area contributed by atoms with E-state index < -0.39 is 17.7 Å². The number of hydrogen-bond acceptors (Lipinski definition) is 6. The lowest BCUT2D eigenvalue weighted by atomic mass is 9.58. The third kappa shape index (κ3) is 9.49. The maximum Gasteiger partial charge on any atom is 0.407 e. The summed E-state index contributed by atoms with van der Waals surface area (Å²) in [4.78, 5) is 60.7. The molecule has 2 aliphatic carbocycles. The second kappa shape index (κ2) is 17.8. The molecule has 288 valence electrons. The number of piperidine rings is 1. The van der Waals surface area contributed by atoms with Gasteiger partial charge in [0, 0.05) is 66.0 Å². The number of carboxylic acid groups (broad SMARTS) is 2. The quantitative estimate of drug-likeness (QED) is 0.187. The van der Waals surface area contributed by atoms with Gasteiger partial charge in [-0.2, -0.15) is 0 Å². The van der Waals surface area contributed by atoms with Gasteiger partial charge in [0.05, 0.1) is 11.2 Å². The van der Waals surface area contributed by atoms with Crippen molar-refractivity contribution in [3.63, 3.8) is 0 Å². The molecule has 0 atom stereocenters. The van der Waals surface area contributed by atoms with E-state index in [1.54, 1.807) is 26.8 Å². The molecule has 5 aliphatic rings. The van der Waals surface area contributed by atoms with Gasteiger partial charge >= 0.3 is 24.2 Å². The third-order valence-electron chi connectivity index (χ3n) is 11.8. The Kier molecular flexibility index (Phi) is 13.3. The molecule has 1 aromatic rings. The second-order valence-electron chi connectivity index (χ2n) is 14.9. The minimum Gasteiger partial charge on any atom is -0.465 e. The van der Waals surface area contributed by atoms with Gasteiger partial charge in [0.25, 0.3) is 0 Å². The Morgan fingerprint density at radius 2 is 1.42 bits per heavy atom. The Hall–Kier alpha value is -4.47. The Labute approximate surface area is 306 Å². The molecule has 5 fully saturated rings. The molecule has 3 heterocycles. The smallest absolute Gasteiger partial charge is 0.407 e. The summed E-state index contributed by atoms with van der Waals surface area (Å²) in [6.07, 6.45) is 8.23. The summed E-state index contributed by atoms with van der Waals surface area (Å²) in [5.74, 6) is 1.40. The van der Waals surface area contributed by atoms with Crippen LogP contribution in [0.3, 0.4) is 0 Å².